The fraction of sp³-hybridized carbons (Fsp3) is 0. The standard InChI is InChI=1S/C9H6F5N3O3S/c10-21(11,12,13,14)6-3-1-5(2-4-6)20-8-7(9(18)19)15-17-16-8/h1-4H,(H,18,19)(H,15,16,17). The molecule has 0 aliphatic rings. The van der Waals surface area contributed by atoms with Crippen LogP contribution >= 0.6 is 10.2 Å². The molecule has 0 fully saturated rings. The molecular formula is C9H6F5N3O3S. The zero-order valence-electron chi connectivity index (χ0n) is 9.77. The SMILES string of the molecule is O=C(O)c1nn[nH]c1Oc1ccc(S(F)(F)(F)(F)F)cc1. The third kappa shape index (κ3) is 3.39. The summed E-state index contributed by atoms with van der Waals surface area (Å²) in [5.41, 5.74) is -0.605. The first kappa shape index (κ1) is 15.0. The molecule has 0 saturated heterocycles. The van der Waals surface area contributed by atoms with Crippen LogP contribution in [0.25, 0.3) is 0 Å². The molecule has 0 saturated carbocycles. The van der Waals surface area contributed by atoms with E-state index in [-0.39, 0.29) is 17.9 Å². The average molecular weight is 331 g/mol. The van der Waals surface area contributed by atoms with E-state index in [4.69, 9.17) is 9.84 Å². The third-order valence-corrected chi connectivity index (χ3v) is 3.37. The predicted molar refractivity (Wildman–Crippen MR) is 61.3 cm³/mol. The van der Waals surface area contributed by atoms with Crippen LogP contribution in [0.1, 0.15) is 10.5 Å². The van der Waals surface area contributed by atoms with E-state index in [1.54, 1.807) is 0 Å². The van der Waals surface area contributed by atoms with Crippen LogP contribution in [-0.2, 0) is 0 Å². The van der Waals surface area contributed by atoms with Crippen LogP contribution in [0.15, 0.2) is 29.2 Å². The fourth-order valence-electron chi connectivity index (χ4n) is 1.31. The molecule has 21 heavy (non-hydrogen) atoms. The van der Waals surface area contributed by atoms with E-state index in [1.807, 2.05) is 0 Å². The summed E-state index contributed by atoms with van der Waals surface area (Å²) >= 11 is 0. The number of aromatic nitrogens is 3. The molecule has 2 rings (SSSR count). The summed E-state index contributed by atoms with van der Waals surface area (Å²) in [5, 5.41) is 17.1. The minimum absolute atomic E-state index is 0.140. The molecule has 0 spiro atoms. The number of nitrogens with zero attached hydrogens (tertiary/aromatic N) is 2. The maximum Gasteiger partial charge on any atom is 0.362 e. The lowest BCUT2D eigenvalue weighted by Crippen LogP contribution is -2.05. The first-order chi connectivity index (χ1) is 9.36. The van der Waals surface area contributed by atoms with Crippen molar-refractivity contribution in [1.82, 2.24) is 15.4 Å². The summed E-state index contributed by atoms with van der Waals surface area (Å²) in [7, 11) is -9.75. The number of H-pyrrole nitrogens is 1. The second kappa shape index (κ2) is 3.84. The molecule has 0 bridgehead atoms. The molecule has 1 heterocycles. The van der Waals surface area contributed by atoms with Gasteiger partial charge in [0.05, 0.1) is 0 Å². The molecule has 2 N–H and O–H groups in total. The maximum atomic E-state index is 12.5. The maximum absolute atomic E-state index is 12.5. The van der Waals surface area contributed by atoms with Crippen molar-refractivity contribution in [2.24, 2.45) is 0 Å². The van der Waals surface area contributed by atoms with Crippen molar-refractivity contribution in [3.05, 3.63) is 30.0 Å². The van der Waals surface area contributed by atoms with Gasteiger partial charge in [0.2, 0.25) is 5.69 Å². The van der Waals surface area contributed by atoms with Crippen LogP contribution < -0.4 is 4.74 Å². The minimum Gasteiger partial charge on any atom is -0.476 e. The number of aromatic amines is 1. The topological polar surface area (TPSA) is 88.1 Å². The molecule has 0 amide bonds. The van der Waals surface area contributed by atoms with Gasteiger partial charge in [0.15, 0.2) is 0 Å². The summed E-state index contributed by atoms with van der Waals surface area (Å²) in [4.78, 5) is 8.62. The number of aromatic carboxylic acids is 1. The van der Waals surface area contributed by atoms with E-state index in [0.29, 0.717) is 12.1 Å². The third-order valence-electron chi connectivity index (χ3n) is 2.21. The number of carboxylic acid groups (broad SMARTS) is 1. The lowest BCUT2D eigenvalue weighted by atomic mass is 10.3. The van der Waals surface area contributed by atoms with Crippen molar-refractivity contribution >= 4 is 16.2 Å². The monoisotopic (exact) mass is 331 g/mol. The summed E-state index contributed by atoms with van der Waals surface area (Å²) in [5.74, 6) is -2.22. The van der Waals surface area contributed by atoms with E-state index in [1.165, 1.54) is 0 Å². The second-order valence-electron chi connectivity index (χ2n) is 3.84. The van der Waals surface area contributed by atoms with Crippen LogP contribution in [0.2, 0.25) is 0 Å². The Labute approximate surface area is 113 Å². The molecule has 1 aromatic heterocycles. The quantitative estimate of drug-likeness (QED) is 0.828. The molecule has 116 valence electrons. The molecule has 0 atom stereocenters. The molecule has 0 aliphatic carbocycles. The van der Waals surface area contributed by atoms with Gasteiger partial charge in [-0.2, -0.15) is 0 Å². The Morgan fingerprint density at radius 1 is 1.14 bits per heavy atom. The summed E-state index contributed by atoms with van der Waals surface area (Å²) in [6.45, 7) is 0. The van der Waals surface area contributed by atoms with E-state index >= 15 is 0 Å². The highest BCUT2D eigenvalue weighted by Gasteiger charge is 2.65. The van der Waals surface area contributed by atoms with Gasteiger partial charge in [0, 0.05) is 0 Å². The van der Waals surface area contributed by atoms with E-state index in [2.05, 4.69) is 15.4 Å². The Bertz CT molecular complexity index is 698. The number of hydrogen-bond donors (Lipinski definition) is 2. The van der Waals surface area contributed by atoms with Crippen molar-refractivity contribution < 1.29 is 34.1 Å². The van der Waals surface area contributed by atoms with E-state index < -0.39 is 32.7 Å². The highest BCUT2D eigenvalue weighted by Crippen LogP contribution is 3.02. The van der Waals surface area contributed by atoms with Gasteiger partial charge < -0.3 is 9.84 Å². The summed E-state index contributed by atoms with van der Waals surface area (Å²) in [6, 6.07) is 1.53. The van der Waals surface area contributed by atoms with Crippen molar-refractivity contribution in [3.8, 4) is 11.6 Å². The first-order valence-electron chi connectivity index (χ1n) is 5.03. The van der Waals surface area contributed by atoms with Crippen molar-refractivity contribution in [3.63, 3.8) is 0 Å². The fourth-order valence-corrected chi connectivity index (χ4v) is 1.96. The molecule has 6 nitrogen and oxygen atoms in total. The largest absolute Gasteiger partial charge is 0.476 e. The first-order valence-corrected chi connectivity index (χ1v) is 6.98. The Balaban J connectivity index is 2.29. The normalized spacial score (nSPS) is 15.1. The lowest BCUT2D eigenvalue weighted by molar-refractivity contribution is 0.0687. The number of hydrogen-bond acceptors (Lipinski definition) is 4. The molecule has 0 radical (unpaired) electrons. The van der Waals surface area contributed by atoms with Gasteiger partial charge in [-0.05, 0) is 24.3 Å². The van der Waals surface area contributed by atoms with E-state index in [9.17, 15) is 24.2 Å². The lowest BCUT2D eigenvalue weighted by Gasteiger charge is -2.40. The number of ether oxygens (including phenoxy) is 1. The van der Waals surface area contributed by atoms with Crippen LogP contribution in [0.5, 0.6) is 11.6 Å². The number of rotatable bonds is 4. The molecule has 2 aromatic rings. The van der Waals surface area contributed by atoms with Crippen molar-refractivity contribution in [1.29, 1.82) is 0 Å². The number of nitrogens with one attached hydrogen (secondary N) is 1. The van der Waals surface area contributed by atoms with Crippen LogP contribution in [0, 0.1) is 0 Å². The second-order valence-corrected chi connectivity index (χ2v) is 6.25. The molecule has 0 unspecified atom stereocenters. The van der Waals surface area contributed by atoms with Gasteiger partial charge >= 0.3 is 16.2 Å². The Kier molecular flexibility index (Phi) is 2.75. The highest BCUT2D eigenvalue weighted by molar-refractivity contribution is 8.45. The van der Waals surface area contributed by atoms with Gasteiger partial charge in [-0.25, -0.2) is 9.89 Å². The predicted octanol–water partition coefficient (Wildman–Crippen LogP) is 3.95. The Morgan fingerprint density at radius 2 is 1.71 bits per heavy atom. The Morgan fingerprint density at radius 3 is 2.19 bits per heavy atom. The molecule has 1 aromatic carbocycles. The van der Waals surface area contributed by atoms with E-state index in [0.717, 1.165) is 0 Å². The van der Waals surface area contributed by atoms with Gasteiger partial charge in [-0.15, -0.1) is 5.10 Å². The number of halogens is 5. The average Bonchev–Trinajstić information content (AvgIpc) is 2.75. The zero-order valence-corrected chi connectivity index (χ0v) is 10.6. The number of benzene rings is 1. The summed E-state index contributed by atoms with van der Waals surface area (Å²) in [6.07, 6.45) is 0. The summed E-state index contributed by atoms with van der Waals surface area (Å²) < 4.78 is 67.3. The zero-order chi connectivity index (χ0) is 16.0. The van der Waals surface area contributed by atoms with Gasteiger partial charge in [0.1, 0.15) is 10.6 Å². The smallest absolute Gasteiger partial charge is 0.362 e. The molecule has 12 heteroatoms. The molecule has 0 aliphatic heterocycles. The number of carboxylic acids is 1. The highest BCUT2D eigenvalue weighted by atomic mass is 32.5. The Hall–Kier alpha value is -2.37. The molecular weight excluding hydrogens is 325 g/mol. The number of carbonyl (C=O) groups is 1. The van der Waals surface area contributed by atoms with Crippen molar-refractivity contribution in [2.45, 2.75) is 4.90 Å². The van der Waals surface area contributed by atoms with Crippen molar-refractivity contribution in [2.75, 3.05) is 0 Å². The van der Waals surface area contributed by atoms with Gasteiger partial charge in [0.25, 0.3) is 5.88 Å². The van der Waals surface area contributed by atoms with Gasteiger partial charge in [-0.1, -0.05) is 24.6 Å². The van der Waals surface area contributed by atoms with Crippen LogP contribution in [0.3, 0.4) is 0 Å². The minimum atomic E-state index is -9.75. The van der Waals surface area contributed by atoms with Gasteiger partial charge in [-0.3, -0.25) is 0 Å². The van der Waals surface area contributed by atoms with Crippen LogP contribution in [-0.4, -0.2) is 26.5 Å². The van der Waals surface area contributed by atoms with Crippen LogP contribution in [0.4, 0.5) is 19.4 Å².